The SMILES string of the molecule is CC(O)(CNC(=O)CNC(=O)Cc1ccccc1)c1cccs1. The molecule has 0 saturated heterocycles. The van der Waals surface area contributed by atoms with Crippen molar-refractivity contribution in [1.29, 1.82) is 0 Å². The summed E-state index contributed by atoms with van der Waals surface area (Å²) in [7, 11) is 0. The molecule has 5 nitrogen and oxygen atoms in total. The van der Waals surface area contributed by atoms with Crippen molar-refractivity contribution in [2.75, 3.05) is 13.1 Å². The van der Waals surface area contributed by atoms with E-state index >= 15 is 0 Å². The van der Waals surface area contributed by atoms with Crippen molar-refractivity contribution < 1.29 is 14.7 Å². The molecule has 0 spiro atoms. The highest BCUT2D eigenvalue weighted by Gasteiger charge is 2.24. The minimum absolute atomic E-state index is 0.0981. The number of amides is 2. The van der Waals surface area contributed by atoms with Crippen LogP contribution in [0.25, 0.3) is 0 Å². The maximum Gasteiger partial charge on any atom is 0.239 e. The van der Waals surface area contributed by atoms with Gasteiger partial charge in [0.25, 0.3) is 0 Å². The summed E-state index contributed by atoms with van der Waals surface area (Å²) in [4.78, 5) is 24.3. The van der Waals surface area contributed by atoms with Crippen LogP contribution in [-0.4, -0.2) is 30.0 Å². The molecule has 0 saturated carbocycles. The Balaban J connectivity index is 1.72. The third-order valence-electron chi connectivity index (χ3n) is 3.34. The van der Waals surface area contributed by atoms with E-state index in [1.807, 2.05) is 47.8 Å². The monoisotopic (exact) mass is 332 g/mol. The highest BCUT2D eigenvalue weighted by atomic mass is 32.1. The molecule has 23 heavy (non-hydrogen) atoms. The Morgan fingerprint density at radius 2 is 1.83 bits per heavy atom. The first kappa shape index (κ1) is 17.2. The van der Waals surface area contributed by atoms with Crippen LogP contribution in [0.5, 0.6) is 0 Å². The van der Waals surface area contributed by atoms with Gasteiger partial charge in [-0.05, 0) is 23.9 Å². The number of hydrogen-bond acceptors (Lipinski definition) is 4. The number of rotatable bonds is 7. The highest BCUT2D eigenvalue weighted by molar-refractivity contribution is 7.10. The number of aliphatic hydroxyl groups is 1. The van der Waals surface area contributed by atoms with Crippen molar-refractivity contribution in [2.45, 2.75) is 18.9 Å². The molecule has 2 rings (SSSR count). The topological polar surface area (TPSA) is 78.4 Å². The van der Waals surface area contributed by atoms with Gasteiger partial charge in [0.2, 0.25) is 11.8 Å². The highest BCUT2D eigenvalue weighted by Crippen LogP contribution is 2.24. The maximum atomic E-state index is 11.8. The molecule has 0 aliphatic heterocycles. The van der Waals surface area contributed by atoms with Crippen LogP contribution in [0, 0.1) is 0 Å². The second kappa shape index (κ2) is 7.89. The van der Waals surface area contributed by atoms with E-state index in [0.29, 0.717) is 0 Å². The van der Waals surface area contributed by atoms with Gasteiger partial charge in [0, 0.05) is 4.88 Å². The minimum Gasteiger partial charge on any atom is -0.383 e. The summed E-state index contributed by atoms with van der Waals surface area (Å²) >= 11 is 1.43. The van der Waals surface area contributed by atoms with Crippen LogP contribution in [0.1, 0.15) is 17.4 Å². The Hall–Kier alpha value is -2.18. The number of thiophene rings is 1. The fourth-order valence-corrected chi connectivity index (χ4v) is 2.81. The van der Waals surface area contributed by atoms with E-state index < -0.39 is 5.60 Å². The molecule has 1 aromatic heterocycles. The zero-order chi connectivity index (χ0) is 16.7. The van der Waals surface area contributed by atoms with Gasteiger partial charge in [-0.15, -0.1) is 11.3 Å². The Morgan fingerprint density at radius 3 is 2.48 bits per heavy atom. The number of benzene rings is 1. The first-order chi connectivity index (χ1) is 11.0. The molecule has 1 aromatic carbocycles. The van der Waals surface area contributed by atoms with Crippen LogP contribution in [-0.2, 0) is 21.6 Å². The van der Waals surface area contributed by atoms with E-state index in [0.717, 1.165) is 10.4 Å². The van der Waals surface area contributed by atoms with Gasteiger partial charge < -0.3 is 15.7 Å². The molecule has 1 unspecified atom stereocenters. The molecule has 1 heterocycles. The van der Waals surface area contributed by atoms with E-state index in [-0.39, 0.29) is 31.3 Å². The lowest BCUT2D eigenvalue weighted by Gasteiger charge is -2.22. The summed E-state index contributed by atoms with van der Waals surface area (Å²) in [5.41, 5.74) is -0.219. The van der Waals surface area contributed by atoms with Crippen LogP contribution in [0.4, 0.5) is 0 Å². The van der Waals surface area contributed by atoms with E-state index in [1.165, 1.54) is 11.3 Å². The van der Waals surface area contributed by atoms with Crippen molar-refractivity contribution in [1.82, 2.24) is 10.6 Å². The van der Waals surface area contributed by atoms with Gasteiger partial charge in [0.05, 0.1) is 19.5 Å². The Labute approximate surface area is 139 Å². The zero-order valence-corrected chi connectivity index (χ0v) is 13.7. The molecule has 0 fully saturated rings. The summed E-state index contributed by atoms with van der Waals surface area (Å²) in [5.74, 6) is -0.542. The number of nitrogens with one attached hydrogen (secondary N) is 2. The lowest BCUT2D eigenvalue weighted by molar-refractivity contribution is -0.126. The lowest BCUT2D eigenvalue weighted by Crippen LogP contribution is -2.43. The molecule has 1 atom stereocenters. The van der Waals surface area contributed by atoms with E-state index in [1.54, 1.807) is 6.92 Å². The van der Waals surface area contributed by atoms with Crippen LogP contribution < -0.4 is 10.6 Å². The second-order valence-corrected chi connectivity index (χ2v) is 6.41. The Bertz CT molecular complexity index is 639. The maximum absolute atomic E-state index is 11.8. The first-order valence-electron chi connectivity index (χ1n) is 7.31. The molecule has 6 heteroatoms. The molecule has 2 aromatic rings. The number of hydrogen-bond donors (Lipinski definition) is 3. The van der Waals surface area contributed by atoms with Crippen molar-refractivity contribution in [3.8, 4) is 0 Å². The normalized spacial score (nSPS) is 13.1. The van der Waals surface area contributed by atoms with Gasteiger partial charge in [0.15, 0.2) is 0 Å². The number of carbonyl (C=O) groups excluding carboxylic acids is 2. The zero-order valence-electron chi connectivity index (χ0n) is 12.9. The predicted octanol–water partition coefficient (Wildman–Crippen LogP) is 1.43. The minimum atomic E-state index is -1.11. The van der Waals surface area contributed by atoms with Crippen molar-refractivity contribution in [2.24, 2.45) is 0 Å². The third kappa shape index (κ3) is 5.50. The van der Waals surface area contributed by atoms with Crippen molar-refractivity contribution >= 4 is 23.2 Å². The summed E-state index contributed by atoms with van der Waals surface area (Å²) in [6, 6.07) is 13.0. The van der Waals surface area contributed by atoms with Gasteiger partial charge in [-0.1, -0.05) is 36.4 Å². The van der Waals surface area contributed by atoms with E-state index in [9.17, 15) is 14.7 Å². The summed E-state index contributed by atoms with van der Waals surface area (Å²) in [5, 5.41) is 17.4. The molecule has 0 bridgehead atoms. The average molecular weight is 332 g/mol. The summed E-state index contributed by atoms with van der Waals surface area (Å²) in [6.45, 7) is 1.64. The molecule has 0 aliphatic rings. The lowest BCUT2D eigenvalue weighted by atomic mass is 10.1. The Morgan fingerprint density at radius 1 is 1.09 bits per heavy atom. The smallest absolute Gasteiger partial charge is 0.239 e. The van der Waals surface area contributed by atoms with Crippen molar-refractivity contribution in [3.63, 3.8) is 0 Å². The standard InChI is InChI=1S/C17H20N2O3S/c1-17(22,14-8-5-9-23-14)12-19-16(21)11-18-15(20)10-13-6-3-2-4-7-13/h2-9,22H,10-12H2,1H3,(H,18,20)(H,19,21). The fourth-order valence-electron chi connectivity index (χ4n) is 2.03. The van der Waals surface area contributed by atoms with Crippen LogP contribution in [0.15, 0.2) is 47.8 Å². The van der Waals surface area contributed by atoms with Crippen LogP contribution in [0.2, 0.25) is 0 Å². The predicted molar refractivity (Wildman–Crippen MR) is 90.1 cm³/mol. The van der Waals surface area contributed by atoms with Gasteiger partial charge >= 0.3 is 0 Å². The molecule has 3 N–H and O–H groups in total. The quantitative estimate of drug-likeness (QED) is 0.718. The van der Waals surface area contributed by atoms with Gasteiger partial charge in [-0.2, -0.15) is 0 Å². The molecule has 0 radical (unpaired) electrons. The van der Waals surface area contributed by atoms with Gasteiger partial charge in [-0.25, -0.2) is 0 Å². The fraction of sp³-hybridized carbons (Fsp3) is 0.294. The average Bonchev–Trinajstić information content (AvgIpc) is 3.07. The molecule has 0 aliphatic carbocycles. The van der Waals surface area contributed by atoms with Crippen molar-refractivity contribution in [3.05, 3.63) is 58.3 Å². The first-order valence-corrected chi connectivity index (χ1v) is 8.19. The third-order valence-corrected chi connectivity index (χ3v) is 4.46. The van der Waals surface area contributed by atoms with E-state index in [2.05, 4.69) is 10.6 Å². The van der Waals surface area contributed by atoms with Crippen LogP contribution >= 0.6 is 11.3 Å². The molecule has 2 amide bonds. The summed E-state index contributed by atoms with van der Waals surface area (Å²) < 4.78 is 0. The molecule has 122 valence electrons. The summed E-state index contributed by atoms with van der Waals surface area (Å²) in [6.07, 6.45) is 0.237. The largest absolute Gasteiger partial charge is 0.383 e. The number of carbonyl (C=O) groups is 2. The molecular formula is C17H20N2O3S. The van der Waals surface area contributed by atoms with Gasteiger partial charge in [0.1, 0.15) is 5.60 Å². The second-order valence-electron chi connectivity index (χ2n) is 5.47. The molecular weight excluding hydrogens is 312 g/mol. The van der Waals surface area contributed by atoms with E-state index in [4.69, 9.17) is 0 Å². The Kier molecular flexibility index (Phi) is 5.90. The van der Waals surface area contributed by atoms with Gasteiger partial charge in [-0.3, -0.25) is 9.59 Å². The van der Waals surface area contributed by atoms with Crippen LogP contribution in [0.3, 0.4) is 0 Å².